The standard InChI is InChI=1S/C23H22ClN7OS/c1-3-31-19(17(24)10-27-31)16-12-33-20-18(16)28-22(15-5-7-26-21-14(15)4-6-25-21)29-23(20)30-8-9-32-11-13(30)2/h4-7,10,12-13H,3,8-9,11H2,1-2H3,(H,25,26)/t13-/m1/s1. The molecule has 1 aliphatic heterocycles. The van der Waals surface area contributed by atoms with Crippen LogP contribution in [0, 0.1) is 0 Å². The van der Waals surface area contributed by atoms with Crippen LogP contribution in [0.4, 0.5) is 5.82 Å². The Morgan fingerprint density at radius 3 is 3.03 bits per heavy atom. The molecule has 5 aromatic heterocycles. The fraction of sp³-hybridized carbons (Fsp3) is 0.304. The predicted molar refractivity (Wildman–Crippen MR) is 132 cm³/mol. The van der Waals surface area contributed by atoms with Gasteiger partial charge in [0.1, 0.15) is 5.65 Å². The van der Waals surface area contributed by atoms with E-state index in [2.05, 4.69) is 39.2 Å². The van der Waals surface area contributed by atoms with Crippen molar-refractivity contribution in [3.8, 4) is 22.6 Å². The molecule has 1 N–H and O–H groups in total. The van der Waals surface area contributed by atoms with E-state index in [9.17, 15) is 0 Å². The van der Waals surface area contributed by atoms with Crippen LogP contribution in [0.1, 0.15) is 13.8 Å². The second-order valence-electron chi connectivity index (χ2n) is 8.07. The Hall–Kier alpha value is -3.01. The summed E-state index contributed by atoms with van der Waals surface area (Å²) in [6, 6.07) is 4.20. The summed E-state index contributed by atoms with van der Waals surface area (Å²) in [4.78, 5) is 20.1. The molecule has 0 saturated carbocycles. The van der Waals surface area contributed by atoms with Crippen LogP contribution in [0.5, 0.6) is 0 Å². The van der Waals surface area contributed by atoms with Crippen LogP contribution in [-0.4, -0.2) is 55.5 Å². The molecule has 0 radical (unpaired) electrons. The number of nitrogens with zero attached hydrogens (tertiary/aromatic N) is 6. The van der Waals surface area contributed by atoms with Gasteiger partial charge in [0.05, 0.1) is 46.4 Å². The monoisotopic (exact) mass is 479 g/mol. The van der Waals surface area contributed by atoms with Crippen molar-refractivity contribution in [3.05, 3.63) is 41.1 Å². The number of pyridine rings is 1. The molecule has 0 aromatic carbocycles. The van der Waals surface area contributed by atoms with Crippen molar-refractivity contribution in [3.63, 3.8) is 0 Å². The van der Waals surface area contributed by atoms with Crippen LogP contribution in [0.15, 0.2) is 36.1 Å². The summed E-state index contributed by atoms with van der Waals surface area (Å²) in [5.74, 6) is 1.60. The summed E-state index contributed by atoms with van der Waals surface area (Å²) in [5.41, 5.74) is 4.51. The molecule has 8 nitrogen and oxygen atoms in total. The highest BCUT2D eigenvalue weighted by Crippen LogP contribution is 2.42. The molecule has 1 fully saturated rings. The van der Waals surface area contributed by atoms with Gasteiger partial charge in [-0.1, -0.05) is 11.6 Å². The first-order valence-corrected chi connectivity index (χ1v) is 12.2. The molecule has 0 aliphatic carbocycles. The van der Waals surface area contributed by atoms with Crippen LogP contribution in [0.25, 0.3) is 43.9 Å². The van der Waals surface area contributed by atoms with E-state index in [1.54, 1.807) is 23.7 Å². The highest BCUT2D eigenvalue weighted by molar-refractivity contribution is 7.18. The quantitative estimate of drug-likeness (QED) is 0.390. The van der Waals surface area contributed by atoms with Crippen molar-refractivity contribution in [2.24, 2.45) is 0 Å². The topological polar surface area (TPSA) is 84.8 Å². The van der Waals surface area contributed by atoms with E-state index in [0.717, 1.165) is 57.0 Å². The minimum Gasteiger partial charge on any atom is -0.377 e. The van der Waals surface area contributed by atoms with Crippen LogP contribution in [0.2, 0.25) is 5.02 Å². The average molecular weight is 480 g/mol. The highest BCUT2D eigenvalue weighted by atomic mass is 35.5. The molecule has 0 unspecified atom stereocenters. The lowest BCUT2D eigenvalue weighted by atomic mass is 10.1. The lowest BCUT2D eigenvalue weighted by Gasteiger charge is -2.34. The maximum atomic E-state index is 6.59. The van der Waals surface area contributed by atoms with Gasteiger partial charge in [-0.05, 0) is 26.0 Å². The van der Waals surface area contributed by atoms with Crippen LogP contribution in [-0.2, 0) is 11.3 Å². The summed E-state index contributed by atoms with van der Waals surface area (Å²) in [5, 5.41) is 8.17. The number of aromatic amines is 1. The first-order chi connectivity index (χ1) is 16.2. The highest BCUT2D eigenvalue weighted by Gasteiger charge is 2.27. The summed E-state index contributed by atoms with van der Waals surface area (Å²) in [7, 11) is 0. The Balaban J connectivity index is 1.65. The Kier molecular flexibility index (Phi) is 5.05. The fourth-order valence-corrected chi connectivity index (χ4v) is 5.69. The Morgan fingerprint density at radius 2 is 2.18 bits per heavy atom. The minimum absolute atomic E-state index is 0.213. The van der Waals surface area contributed by atoms with Gasteiger partial charge in [0, 0.05) is 47.4 Å². The molecular formula is C23H22ClN7OS. The Morgan fingerprint density at radius 1 is 1.27 bits per heavy atom. The number of aromatic nitrogens is 6. The van der Waals surface area contributed by atoms with E-state index in [1.807, 2.05) is 23.0 Å². The molecule has 1 saturated heterocycles. The van der Waals surface area contributed by atoms with Crippen LogP contribution >= 0.6 is 22.9 Å². The van der Waals surface area contributed by atoms with Gasteiger partial charge in [0.15, 0.2) is 11.6 Å². The third-order valence-electron chi connectivity index (χ3n) is 6.09. The van der Waals surface area contributed by atoms with Gasteiger partial charge >= 0.3 is 0 Å². The third kappa shape index (κ3) is 3.30. The van der Waals surface area contributed by atoms with Crippen molar-refractivity contribution in [2.45, 2.75) is 26.4 Å². The van der Waals surface area contributed by atoms with Gasteiger partial charge in [-0.25, -0.2) is 15.0 Å². The largest absolute Gasteiger partial charge is 0.377 e. The molecule has 168 valence electrons. The molecule has 6 heterocycles. The van der Waals surface area contributed by atoms with Gasteiger partial charge in [-0.2, -0.15) is 5.10 Å². The smallest absolute Gasteiger partial charge is 0.163 e. The van der Waals surface area contributed by atoms with Crippen molar-refractivity contribution in [1.29, 1.82) is 0 Å². The molecule has 10 heteroatoms. The number of morpholine rings is 1. The number of anilines is 1. The molecule has 0 amide bonds. The zero-order valence-electron chi connectivity index (χ0n) is 18.2. The molecule has 6 rings (SSSR count). The van der Waals surface area contributed by atoms with E-state index in [0.29, 0.717) is 24.1 Å². The van der Waals surface area contributed by atoms with E-state index in [-0.39, 0.29) is 6.04 Å². The first-order valence-electron chi connectivity index (χ1n) is 10.9. The first kappa shape index (κ1) is 20.6. The van der Waals surface area contributed by atoms with Crippen molar-refractivity contribution < 1.29 is 4.74 Å². The van der Waals surface area contributed by atoms with E-state index in [1.165, 1.54) is 0 Å². The van der Waals surface area contributed by atoms with Gasteiger partial charge in [-0.3, -0.25) is 4.68 Å². The predicted octanol–water partition coefficient (Wildman–Crippen LogP) is 5.00. The molecule has 0 bridgehead atoms. The Labute approximate surface area is 199 Å². The lowest BCUT2D eigenvalue weighted by molar-refractivity contribution is 0.0987. The van der Waals surface area contributed by atoms with E-state index < -0.39 is 0 Å². The number of rotatable bonds is 4. The number of H-pyrrole nitrogens is 1. The maximum absolute atomic E-state index is 6.59. The molecule has 33 heavy (non-hydrogen) atoms. The molecule has 1 atom stereocenters. The summed E-state index contributed by atoms with van der Waals surface area (Å²) < 4.78 is 8.65. The normalized spacial score (nSPS) is 16.8. The van der Waals surface area contributed by atoms with Gasteiger partial charge in [0.2, 0.25) is 0 Å². The molecule has 5 aromatic rings. The maximum Gasteiger partial charge on any atom is 0.163 e. The van der Waals surface area contributed by atoms with Crippen LogP contribution in [0.3, 0.4) is 0 Å². The SMILES string of the molecule is CCn1ncc(Cl)c1-c1csc2c(N3CCOC[C@H]3C)nc(-c3ccnc4[nH]ccc34)nc12. The number of hydrogen-bond donors (Lipinski definition) is 1. The summed E-state index contributed by atoms with van der Waals surface area (Å²) in [6.07, 6.45) is 5.37. The third-order valence-corrected chi connectivity index (χ3v) is 7.33. The van der Waals surface area contributed by atoms with Gasteiger partial charge in [-0.15, -0.1) is 11.3 Å². The summed E-state index contributed by atoms with van der Waals surface area (Å²) >= 11 is 8.23. The number of nitrogens with one attached hydrogen (secondary N) is 1. The van der Waals surface area contributed by atoms with Gasteiger partial charge in [0.25, 0.3) is 0 Å². The summed E-state index contributed by atoms with van der Waals surface area (Å²) in [6.45, 7) is 7.08. The van der Waals surface area contributed by atoms with E-state index >= 15 is 0 Å². The number of aryl methyl sites for hydroxylation is 1. The minimum atomic E-state index is 0.213. The zero-order chi connectivity index (χ0) is 22.5. The van der Waals surface area contributed by atoms with E-state index in [4.69, 9.17) is 26.3 Å². The molecular weight excluding hydrogens is 458 g/mol. The number of hydrogen-bond acceptors (Lipinski definition) is 7. The second kappa shape index (κ2) is 8.09. The fourth-order valence-electron chi connectivity index (χ4n) is 4.45. The van der Waals surface area contributed by atoms with Crippen molar-refractivity contribution >= 4 is 50.0 Å². The lowest BCUT2D eigenvalue weighted by Crippen LogP contribution is -2.44. The number of ether oxygens (including phenoxy) is 1. The van der Waals surface area contributed by atoms with Crippen molar-refractivity contribution in [1.82, 2.24) is 29.7 Å². The van der Waals surface area contributed by atoms with Crippen LogP contribution < -0.4 is 4.90 Å². The number of thiophene rings is 1. The number of fused-ring (bicyclic) bond motifs is 2. The Bertz CT molecular complexity index is 1470. The van der Waals surface area contributed by atoms with Gasteiger partial charge < -0.3 is 14.6 Å². The molecule has 1 aliphatic rings. The average Bonchev–Trinajstić information content (AvgIpc) is 3.56. The molecule has 0 spiro atoms. The van der Waals surface area contributed by atoms with Crippen molar-refractivity contribution in [2.75, 3.05) is 24.7 Å². The number of halogens is 1. The zero-order valence-corrected chi connectivity index (χ0v) is 19.8. The second-order valence-corrected chi connectivity index (χ2v) is 9.36.